The topological polar surface area (TPSA) is 64.4 Å². The molecule has 0 aliphatic carbocycles. The fourth-order valence-corrected chi connectivity index (χ4v) is 1.20. The van der Waals surface area contributed by atoms with Gasteiger partial charge in [0, 0.05) is 13.1 Å². The Morgan fingerprint density at radius 3 is 3.00 bits per heavy atom. The van der Waals surface area contributed by atoms with E-state index in [2.05, 4.69) is 5.32 Å². The van der Waals surface area contributed by atoms with Crippen LogP contribution >= 0.6 is 0 Å². The van der Waals surface area contributed by atoms with Crippen LogP contribution in [0.25, 0.3) is 0 Å². The third-order valence-electron chi connectivity index (χ3n) is 1.89. The predicted molar refractivity (Wildman–Crippen MR) is 58.1 cm³/mol. The second kappa shape index (κ2) is 6.92. The molecule has 0 fully saturated rings. The predicted octanol–water partition coefficient (Wildman–Crippen LogP) is 0.417. The van der Waals surface area contributed by atoms with Crippen LogP contribution in [0, 0.1) is 5.82 Å². The number of nitrogens with two attached hydrogens (primary N) is 1. The molecule has 0 unspecified atom stereocenters. The van der Waals surface area contributed by atoms with Crippen molar-refractivity contribution in [2.75, 3.05) is 19.8 Å². The van der Waals surface area contributed by atoms with Crippen LogP contribution in [0.4, 0.5) is 4.39 Å². The van der Waals surface area contributed by atoms with Crippen LogP contribution in [0.2, 0.25) is 0 Å². The number of carbonyl (C=O) groups excluding carboxylic acids is 1. The van der Waals surface area contributed by atoms with Crippen molar-refractivity contribution in [3.63, 3.8) is 0 Å². The van der Waals surface area contributed by atoms with Gasteiger partial charge in [-0.15, -0.1) is 0 Å². The average molecular weight is 226 g/mol. The smallest absolute Gasteiger partial charge is 0.243 e. The van der Waals surface area contributed by atoms with Gasteiger partial charge < -0.3 is 15.8 Å². The van der Waals surface area contributed by atoms with Gasteiger partial charge in [-0.3, -0.25) is 4.79 Å². The summed E-state index contributed by atoms with van der Waals surface area (Å²) in [6.45, 7) is 1.49. The summed E-state index contributed by atoms with van der Waals surface area (Å²) in [7, 11) is 0. The number of benzene rings is 1. The molecule has 88 valence electrons. The maximum absolute atomic E-state index is 12.8. The van der Waals surface area contributed by atoms with E-state index in [1.54, 1.807) is 6.07 Å². The van der Waals surface area contributed by atoms with Gasteiger partial charge in [-0.2, -0.15) is 0 Å². The summed E-state index contributed by atoms with van der Waals surface area (Å²) in [5, 5.41) is 3.06. The first-order chi connectivity index (χ1) is 7.68. The lowest BCUT2D eigenvalue weighted by Crippen LogP contribution is -2.23. The van der Waals surface area contributed by atoms with E-state index in [9.17, 15) is 9.18 Å². The summed E-state index contributed by atoms with van der Waals surface area (Å²) in [5.74, 6) is -0.727. The maximum Gasteiger partial charge on any atom is 0.243 e. The second-order valence-electron chi connectivity index (χ2n) is 3.33. The van der Waals surface area contributed by atoms with Crippen LogP contribution in [0.5, 0.6) is 0 Å². The fraction of sp³-hybridized carbons (Fsp3) is 0.364. The molecule has 1 amide bonds. The molecule has 16 heavy (non-hydrogen) atoms. The van der Waals surface area contributed by atoms with Crippen molar-refractivity contribution in [2.24, 2.45) is 5.73 Å². The molecule has 4 nitrogen and oxygen atoms in total. The number of amides is 1. The molecule has 0 bridgehead atoms. The number of hydrogen-bond acceptors (Lipinski definition) is 3. The van der Waals surface area contributed by atoms with Gasteiger partial charge in [-0.25, -0.2) is 4.39 Å². The molecular formula is C11H15FN2O2. The van der Waals surface area contributed by atoms with Crippen LogP contribution < -0.4 is 11.1 Å². The van der Waals surface area contributed by atoms with E-state index in [-0.39, 0.29) is 12.4 Å². The number of ether oxygens (including phenoxy) is 1. The van der Waals surface area contributed by atoms with Crippen molar-refractivity contribution in [2.45, 2.75) is 6.54 Å². The van der Waals surface area contributed by atoms with Crippen LogP contribution in [0.3, 0.4) is 0 Å². The highest BCUT2D eigenvalue weighted by molar-refractivity contribution is 5.74. The van der Waals surface area contributed by atoms with E-state index < -0.39 is 5.91 Å². The molecule has 0 atom stereocenters. The quantitative estimate of drug-likeness (QED) is 0.662. The second-order valence-corrected chi connectivity index (χ2v) is 3.33. The van der Waals surface area contributed by atoms with Gasteiger partial charge in [0.2, 0.25) is 5.91 Å². The molecule has 0 aliphatic rings. The minimum absolute atomic E-state index is 0.0678. The summed E-state index contributed by atoms with van der Waals surface area (Å²) in [4.78, 5) is 10.3. The third-order valence-corrected chi connectivity index (χ3v) is 1.89. The van der Waals surface area contributed by atoms with Crippen molar-refractivity contribution >= 4 is 5.91 Å². The Kier molecular flexibility index (Phi) is 5.45. The molecule has 0 aliphatic heterocycles. The Morgan fingerprint density at radius 2 is 2.31 bits per heavy atom. The molecule has 1 aromatic carbocycles. The molecule has 1 aromatic rings. The van der Waals surface area contributed by atoms with Gasteiger partial charge in [0.05, 0.1) is 6.61 Å². The highest BCUT2D eigenvalue weighted by Crippen LogP contribution is 2.02. The van der Waals surface area contributed by atoms with Gasteiger partial charge in [0.15, 0.2) is 0 Å². The summed E-state index contributed by atoms with van der Waals surface area (Å²) in [6, 6.07) is 6.37. The Bertz CT molecular complexity index is 345. The van der Waals surface area contributed by atoms with Crippen molar-refractivity contribution < 1.29 is 13.9 Å². The standard InChI is InChI=1S/C11H15FN2O2/c12-10-3-1-2-9(6-10)7-14-4-5-16-8-11(13)15/h1-3,6,14H,4-5,7-8H2,(H2,13,15). The molecule has 0 aromatic heterocycles. The number of halogens is 1. The lowest BCUT2D eigenvalue weighted by molar-refractivity contribution is -0.122. The van der Waals surface area contributed by atoms with E-state index in [1.165, 1.54) is 12.1 Å². The largest absolute Gasteiger partial charge is 0.370 e. The van der Waals surface area contributed by atoms with E-state index in [4.69, 9.17) is 10.5 Å². The van der Waals surface area contributed by atoms with Crippen LogP contribution in [-0.2, 0) is 16.1 Å². The van der Waals surface area contributed by atoms with Gasteiger partial charge in [-0.05, 0) is 17.7 Å². The Balaban J connectivity index is 2.09. The van der Waals surface area contributed by atoms with Gasteiger partial charge in [0.1, 0.15) is 12.4 Å². The van der Waals surface area contributed by atoms with Crippen LogP contribution in [0.1, 0.15) is 5.56 Å². The average Bonchev–Trinajstić information content (AvgIpc) is 2.23. The summed E-state index contributed by atoms with van der Waals surface area (Å²) < 4.78 is 17.7. The first-order valence-electron chi connectivity index (χ1n) is 4.99. The van der Waals surface area contributed by atoms with E-state index >= 15 is 0 Å². The molecule has 0 radical (unpaired) electrons. The summed E-state index contributed by atoms with van der Waals surface area (Å²) in [6.07, 6.45) is 0. The van der Waals surface area contributed by atoms with Crippen LogP contribution in [0.15, 0.2) is 24.3 Å². The minimum atomic E-state index is -0.481. The first-order valence-corrected chi connectivity index (χ1v) is 4.99. The monoisotopic (exact) mass is 226 g/mol. The highest BCUT2D eigenvalue weighted by atomic mass is 19.1. The minimum Gasteiger partial charge on any atom is -0.370 e. The number of carbonyl (C=O) groups is 1. The number of nitrogens with one attached hydrogen (secondary N) is 1. The molecule has 3 N–H and O–H groups in total. The number of hydrogen-bond donors (Lipinski definition) is 2. The van der Waals surface area contributed by atoms with E-state index in [0.717, 1.165) is 5.56 Å². The van der Waals surface area contributed by atoms with Crippen molar-refractivity contribution in [3.8, 4) is 0 Å². The zero-order valence-corrected chi connectivity index (χ0v) is 8.91. The normalized spacial score (nSPS) is 10.3. The van der Waals surface area contributed by atoms with Crippen molar-refractivity contribution in [1.29, 1.82) is 0 Å². The molecular weight excluding hydrogens is 211 g/mol. The third kappa shape index (κ3) is 5.43. The molecule has 0 saturated carbocycles. The molecule has 0 heterocycles. The number of primary amides is 1. The zero-order chi connectivity index (χ0) is 11.8. The van der Waals surface area contributed by atoms with E-state index in [0.29, 0.717) is 19.7 Å². The van der Waals surface area contributed by atoms with Crippen molar-refractivity contribution in [1.82, 2.24) is 5.32 Å². The zero-order valence-electron chi connectivity index (χ0n) is 8.91. The molecule has 0 spiro atoms. The summed E-state index contributed by atoms with van der Waals surface area (Å²) >= 11 is 0. The van der Waals surface area contributed by atoms with Gasteiger partial charge in [0.25, 0.3) is 0 Å². The Hall–Kier alpha value is -1.46. The van der Waals surface area contributed by atoms with E-state index in [1.807, 2.05) is 6.07 Å². The highest BCUT2D eigenvalue weighted by Gasteiger charge is 1.96. The van der Waals surface area contributed by atoms with Crippen LogP contribution in [-0.4, -0.2) is 25.7 Å². The number of rotatable bonds is 7. The summed E-state index contributed by atoms with van der Waals surface area (Å²) in [5.41, 5.74) is 5.76. The van der Waals surface area contributed by atoms with Gasteiger partial charge >= 0.3 is 0 Å². The fourth-order valence-electron chi connectivity index (χ4n) is 1.20. The lowest BCUT2D eigenvalue weighted by atomic mass is 10.2. The maximum atomic E-state index is 12.8. The molecule has 5 heteroatoms. The van der Waals surface area contributed by atoms with Gasteiger partial charge in [-0.1, -0.05) is 12.1 Å². The molecule has 1 rings (SSSR count). The molecule has 0 saturated heterocycles. The lowest BCUT2D eigenvalue weighted by Gasteiger charge is -2.05. The van der Waals surface area contributed by atoms with Crippen molar-refractivity contribution in [3.05, 3.63) is 35.6 Å². The Labute approximate surface area is 93.6 Å². The first kappa shape index (κ1) is 12.6. The Morgan fingerprint density at radius 1 is 1.50 bits per heavy atom. The SMILES string of the molecule is NC(=O)COCCNCc1cccc(F)c1.